The van der Waals surface area contributed by atoms with E-state index in [1.165, 1.54) is 0 Å². The number of anilines is 1. The van der Waals surface area contributed by atoms with E-state index in [4.69, 9.17) is 5.73 Å². The zero-order valence-electron chi connectivity index (χ0n) is 13.8. The van der Waals surface area contributed by atoms with Crippen LogP contribution in [-0.4, -0.2) is 58.2 Å². The van der Waals surface area contributed by atoms with Crippen LogP contribution in [0.4, 0.5) is 5.69 Å². The molecule has 0 saturated carbocycles. The Morgan fingerprint density at radius 1 is 1.19 bits per heavy atom. The number of hydrogen-bond donors (Lipinski definition) is 1. The van der Waals surface area contributed by atoms with Gasteiger partial charge in [0.1, 0.15) is 5.69 Å². The minimum atomic E-state index is -0.0195. The monoisotopic (exact) mass is 295 g/mol. The van der Waals surface area contributed by atoms with Gasteiger partial charge in [0.15, 0.2) is 0 Å². The van der Waals surface area contributed by atoms with Crippen molar-refractivity contribution >= 4 is 11.6 Å². The van der Waals surface area contributed by atoms with Gasteiger partial charge in [-0.15, -0.1) is 0 Å². The summed E-state index contributed by atoms with van der Waals surface area (Å²) in [5.74, 6) is -0.0195. The second-order valence-corrected chi connectivity index (χ2v) is 5.03. The lowest BCUT2D eigenvalue weighted by Gasteiger charge is -2.24. The third-order valence-corrected chi connectivity index (χ3v) is 3.84. The molecular formula is C15H29N5O. The fraction of sp³-hybridized carbons (Fsp3) is 0.733. The molecule has 1 aromatic heterocycles. The standard InChI is InChI=1S/C15H29N5O/c1-5-18(6-2)10-9-11-19(7-3)15(21)14-13(16)12-17-20(14)8-4/h12H,5-11,16H2,1-4H3. The number of nitrogens with two attached hydrogens (primary N) is 1. The van der Waals surface area contributed by atoms with Crippen molar-refractivity contribution in [3.05, 3.63) is 11.9 Å². The van der Waals surface area contributed by atoms with Crippen molar-refractivity contribution in [3.63, 3.8) is 0 Å². The van der Waals surface area contributed by atoms with Crippen molar-refractivity contribution in [2.75, 3.05) is 38.5 Å². The van der Waals surface area contributed by atoms with Gasteiger partial charge in [0.25, 0.3) is 5.91 Å². The van der Waals surface area contributed by atoms with Gasteiger partial charge in [-0.25, -0.2) is 0 Å². The second kappa shape index (κ2) is 8.67. The molecule has 0 aliphatic rings. The first-order valence-corrected chi connectivity index (χ1v) is 7.91. The first-order chi connectivity index (χ1) is 10.1. The lowest BCUT2D eigenvalue weighted by molar-refractivity contribution is 0.0746. The number of carbonyl (C=O) groups is 1. The number of aryl methyl sites for hydroxylation is 1. The van der Waals surface area contributed by atoms with Gasteiger partial charge in [-0.3, -0.25) is 9.48 Å². The molecule has 2 N–H and O–H groups in total. The number of aromatic nitrogens is 2. The molecule has 0 aliphatic carbocycles. The molecule has 0 fully saturated rings. The molecule has 0 unspecified atom stereocenters. The Morgan fingerprint density at radius 2 is 1.86 bits per heavy atom. The van der Waals surface area contributed by atoms with Gasteiger partial charge in [-0.05, 0) is 39.9 Å². The van der Waals surface area contributed by atoms with E-state index in [-0.39, 0.29) is 5.91 Å². The van der Waals surface area contributed by atoms with Crippen LogP contribution in [-0.2, 0) is 6.54 Å². The first kappa shape index (κ1) is 17.5. The highest BCUT2D eigenvalue weighted by molar-refractivity contribution is 5.97. The van der Waals surface area contributed by atoms with Crippen molar-refractivity contribution in [1.29, 1.82) is 0 Å². The quantitative estimate of drug-likeness (QED) is 0.752. The van der Waals surface area contributed by atoms with Crippen molar-refractivity contribution in [1.82, 2.24) is 19.6 Å². The Kier molecular flexibility index (Phi) is 7.22. The molecule has 0 aliphatic heterocycles. The zero-order chi connectivity index (χ0) is 15.8. The predicted molar refractivity (Wildman–Crippen MR) is 86.3 cm³/mol. The van der Waals surface area contributed by atoms with Crippen LogP contribution in [0.2, 0.25) is 0 Å². The van der Waals surface area contributed by atoms with Crippen molar-refractivity contribution in [2.24, 2.45) is 0 Å². The van der Waals surface area contributed by atoms with Crippen LogP contribution in [0.1, 0.15) is 44.6 Å². The summed E-state index contributed by atoms with van der Waals surface area (Å²) in [6, 6.07) is 0. The highest BCUT2D eigenvalue weighted by Crippen LogP contribution is 2.14. The van der Waals surface area contributed by atoms with Gasteiger partial charge in [-0.2, -0.15) is 5.10 Å². The number of hydrogen-bond acceptors (Lipinski definition) is 4. The summed E-state index contributed by atoms with van der Waals surface area (Å²) in [7, 11) is 0. The van der Waals surface area contributed by atoms with E-state index in [0.29, 0.717) is 24.5 Å². The molecule has 0 atom stereocenters. The number of rotatable bonds is 9. The van der Waals surface area contributed by atoms with Crippen LogP contribution in [0.15, 0.2) is 6.20 Å². The predicted octanol–water partition coefficient (Wildman–Crippen LogP) is 1.68. The Labute approximate surface area is 127 Å². The van der Waals surface area contributed by atoms with Gasteiger partial charge in [0.05, 0.1) is 11.9 Å². The lowest BCUT2D eigenvalue weighted by Crippen LogP contribution is -2.35. The number of nitrogen functional groups attached to an aromatic ring is 1. The number of carbonyl (C=O) groups excluding carboxylic acids is 1. The summed E-state index contributed by atoms with van der Waals surface area (Å²) in [5, 5.41) is 4.14. The molecular weight excluding hydrogens is 266 g/mol. The largest absolute Gasteiger partial charge is 0.396 e. The van der Waals surface area contributed by atoms with Crippen LogP contribution in [0, 0.1) is 0 Å². The fourth-order valence-corrected chi connectivity index (χ4v) is 2.45. The topological polar surface area (TPSA) is 67.4 Å². The summed E-state index contributed by atoms with van der Waals surface area (Å²) in [6.07, 6.45) is 2.53. The summed E-state index contributed by atoms with van der Waals surface area (Å²) >= 11 is 0. The third-order valence-electron chi connectivity index (χ3n) is 3.84. The van der Waals surface area contributed by atoms with E-state index in [9.17, 15) is 4.79 Å². The highest BCUT2D eigenvalue weighted by atomic mass is 16.2. The van der Waals surface area contributed by atoms with Crippen molar-refractivity contribution < 1.29 is 4.79 Å². The molecule has 6 heteroatoms. The summed E-state index contributed by atoms with van der Waals surface area (Å²) in [4.78, 5) is 16.8. The minimum absolute atomic E-state index is 0.0195. The molecule has 0 radical (unpaired) electrons. The van der Waals surface area contributed by atoms with Crippen LogP contribution in [0.3, 0.4) is 0 Å². The second-order valence-electron chi connectivity index (χ2n) is 5.03. The summed E-state index contributed by atoms with van der Waals surface area (Å²) in [6.45, 7) is 13.5. The van der Waals surface area contributed by atoms with Gasteiger partial charge in [0, 0.05) is 19.6 Å². The molecule has 1 heterocycles. The molecule has 6 nitrogen and oxygen atoms in total. The van der Waals surface area contributed by atoms with E-state index in [0.717, 1.165) is 32.6 Å². The maximum atomic E-state index is 12.6. The highest BCUT2D eigenvalue weighted by Gasteiger charge is 2.21. The van der Waals surface area contributed by atoms with E-state index < -0.39 is 0 Å². The third kappa shape index (κ3) is 4.46. The SMILES string of the molecule is CCN(CC)CCCN(CC)C(=O)c1c(N)cnn1CC. The Bertz CT molecular complexity index is 439. The Balaban J connectivity index is 2.67. The van der Waals surface area contributed by atoms with Gasteiger partial charge in [-0.1, -0.05) is 13.8 Å². The first-order valence-electron chi connectivity index (χ1n) is 7.91. The summed E-state index contributed by atoms with van der Waals surface area (Å²) in [5.41, 5.74) is 6.87. The fourth-order valence-electron chi connectivity index (χ4n) is 2.45. The van der Waals surface area contributed by atoms with Gasteiger partial charge < -0.3 is 15.5 Å². The summed E-state index contributed by atoms with van der Waals surface area (Å²) < 4.78 is 1.67. The number of amides is 1. The van der Waals surface area contributed by atoms with Crippen LogP contribution in [0.5, 0.6) is 0 Å². The van der Waals surface area contributed by atoms with Crippen LogP contribution < -0.4 is 5.73 Å². The van der Waals surface area contributed by atoms with E-state index in [1.54, 1.807) is 10.9 Å². The van der Waals surface area contributed by atoms with E-state index in [2.05, 4.69) is 23.8 Å². The zero-order valence-corrected chi connectivity index (χ0v) is 13.8. The molecule has 1 amide bonds. The molecule has 1 rings (SSSR count). The van der Waals surface area contributed by atoms with E-state index >= 15 is 0 Å². The molecule has 0 aromatic carbocycles. The molecule has 1 aromatic rings. The Morgan fingerprint density at radius 3 is 2.38 bits per heavy atom. The average molecular weight is 295 g/mol. The van der Waals surface area contributed by atoms with Crippen molar-refractivity contribution in [2.45, 2.75) is 40.7 Å². The average Bonchev–Trinajstić information content (AvgIpc) is 2.88. The molecule has 0 saturated heterocycles. The minimum Gasteiger partial charge on any atom is -0.396 e. The maximum absolute atomic E-state index is 12.6. The smallest absolute Gasteiger partial charge is 0.274 e. The van der Waals surface area contributed by atoms with Gasteiger partial charge >= 0.3 is 0 Å². The normalized spacial score (nSPS) is 11.1. The number of nitrogens with zero attached hydrogens (tertiary/aromatic N) is 4. The van der Waals surface area contributed by atoms with Gasteiger partial charge in [0.2, 0.25) is 0 Å². The van der Waals surface area contributed by atoms with E-state index in [1.807, 2.05) is 18.7 Å². The molecule has 0 spiro atoms. The molecule has 0 bridgehead atoms. The Hall–Kier alpha value is -1.56. The van der Waals surface area contributed by atoms with Crippen molar-refractivity contribution in [3.8, 4) is 0 Å². The lowest BCUT2D eigenvalue weighted by atomic mass is 10.2. The van der Waals surface area contributed by atoms with Crippen LogP contribution >= 0.6 is 0 Å². The van der Waals surface area contributed by atoms with Crippen LogP contribution in [0.25, 0.3) is 0 Å². The maximum Gasteiger partial charge on any atom is 0.274 e. The molecule has 120 valence electrons. The molecule has 21 heavy (non-hydrogen) atoms.